The van der Waals surface area contributed by atoms with Crippen LogP contribution in [0.1, 0.15) is 37.7 Å². The minimum atomic E-state index is -0.490. The maximum absolute atomic E-state index is 14.1. The fraction of sp³-hybridized carbons (Fsp3) is 0.481. The van der Waals surface area contributed by atoms with E-state index in [2.05, 4.69) is 9.74 Å². The molecule has 37 heavy (non-hydrogen) atoms. The molecule has 0 radical (unpaired) electrons. The van der Waals surface area contributed by atoms with Crippen molar-refractivity contribution >= 4 is 17.5 Å². The van der Waals surface area contributed by atoms with Crippen LogP contribution in [0.3, 0.4) is 0 Å². The molecule has 10 nitrogen and oxygen atoms in total. The maximum atomic E-state index is 14.1. The van der Waals surface area contributed by atoms with Crippen LogP contribution in [0.4, 0.5) is 5.69 Å². The third kappa shape index (κ3) is 7.42. The number of anilines is 1. The topological polar surface area (TPSA) is 106 Å². The number of ether oxygens (including phenoxy) is 1. The summed E-state index contributed by atoms with van der Waals surface area (Å²) in [5, 5.41) is 16.9. The molecule has 0 bridgehead atoms. The fourth-order valence-electron chi connectivity index (χ4n) is 4.73. The summed E-state index contributed by atoms with van der Waals surface area (Å²) in [4.78, 5) is 37.5. The monoisotopic (exact) mass is 512 g/mol. The Morgan fingerprint density at radius 2 is 1.73 bits per heavy atom. The molecule has 2 aromatic carbocycles. The lowest BCUT2D eigenvalue weighted by Gasteiger charge is -2.43. The molecule has 0 spiro atoms. The van der Waals surface area contributed by atoms with Gasteiger partial charge >= 0.3 is 0 Å². The van der Waals surface area contributed by atoms with Crippen LogP contribution in [0, 0.1) is 0 Å². The molecule has 1 aliphatic carbocycles. The van der Waals surface area contributed by atoms with Crippen LogP contribution in [0.2, 0.25) is 0 Å². The number of piperazine rings is 1. The summed E-state index contributed by atoms with van der Waals surface area (Å²) < 4.78 is 5.31. The third-order valence-electron chi connectivity index (χ3n) is 6.88. The van der Waals surface area contributed by atoms with Crippen LogP contribution in [-0.4, -0.2) is 82.9 Å². The zero-order valence-electron chi connectivity index (χ0n) is 21.2. The van der Waals surface area contributed by atoms with Crippen molar-refractivity contribution in [2.24, 2.45) is 0 Å². The van der Waals surface area contributed by atoms with Crippen molar-refractivity contribution in [2.75, 3.05) is 38.3 Å². The predicted molar refractivity (Wildman–Crippen MR) is 136 cm³/mol. The van der Waals surface area contributed by atoms with Crippen molar-refractivity contribution in [3.8, 4) is 5.75 Å². The third-order valence-corrected chi connectivity index (χ3v) is 6.88. The van der Waals surface area contributed by atoms with Gasteiger partial charge < -0.3 is 19.4 Å². The number of hydrogen-bond acceptors (Lipinski definition) is 8. The van der Waals surface area contributed by atoms with Gasteiger partial charge in [-0.1, -0.05) is 30.3 Å². The predicted octanol–water partition coefficient (Wildman–Crippen LogP) is 3.09. The normalized spacial score (nSPS) is 17.7. The number of methoxy groups -OCH3 is 1. The molecule has 2 fully saturated rings. The smallest absolute Gasteiger partial charge is 0.247 e. The molecule has 10 heteroatoms. The van der Waals surface area contributed by atoms with E-state index in [0.717, 1.165) is 29.8 Å². The van der Waals surface area contributed by atoms with Gasteiger partial charge in [0.05, 0.1) is 25.7 Å². The molecule has 4 rings (SSSR count). The maximum Gasteiger partial charge on any atom is 0.247 e. The molecule has 2 aromatic rings. The van der Waals surface area contributed by atoms with Gasteiger partial charge in [-0.05, 0) is 55.5 Å². The van der Waals surface area contributed by atoms with E-state index in [4.69, 9.17) is 15.2 Å². The first-order valence-corrected chi connectivity index (χ1v) is 12.8. The van der Waals surface area contributed by atoms with Crippen LogP contribution in [0.25, 0.3) is 0 Å². The standard InChI is InChI=1S/C27H36N4O6/c1-36-24-14-12-22(13-15-24)29-17-16-28(26(32)9-5-6-18-37-31(34)35)20-25(29)27(33)30(23-10-11-23)19-21-7-3-2-4-8-21/h2-4,7-8,12-15,23,25,34-35H,5-6,9-11,16-20H2,1H3/t25-/m1/s1. The van der Waals surface area contributed by atoms with Crippen molar-refractivity contribution in [1.29, 1.82) is 0 Å². The highest BCUT2D eigenvalue weighted by molar-refractivity contribution is 5.88. The second kappa shape index (κ2) is 12.9. The van der Waals surface area contributed by atoms with E-state index < -0.39 is 6.04 Å². The molecule has 0 unspecified atom stereocenters. The number of benzene rings is 2. The van der Waals surface area contributed by atoms with E-state index in [-0.39, 0.29) is 29.9 Å². The minimum Gasteiger partial charge on any atom is -0.497 e. The van der Waals surface area contributed by atoms with E-state index >= 15 is 0 Å². The summed E-state index contributed by atoms with van der Waals surface area (Å²) in [6.07, 6.45) is 3.35. The molecule has 1 heterocycles. The van der Waals surface area contributed by atoms with Gasteiger partial charge in [0.1, 0.15) is 11.8 Å². The first-order chi connectivity index (χ1) is 18.0. The Bertz CT molecular complexity index is 1020. The summed E-state index contributed by atoms with van der Waals surface area (Å²) in [6, 6.07) is 17.5. The number of rotatable bonds is 12. The summed E-state index contributed by atoms with van der Waals surface area (Å²) >= 11 is 0. The fourth-order valence-corrected chi connectivity index (χ4v) is 4.73. The number of unbranched alkanes of at least 4 members (excludes halogenated alkanes) is 1. The van der Waals surface area contributed by atoms with Crippen LogP contribution in [0.5, 0.6) is 5.75 Å². The highest BCUT2D eigenvalue weighted by atomic mass is 17.1. The Balaban J connectivity index is 1.48. The summed E-state index contributed by atoms with van der Waals surface area (Å²) in [5.74, 6) is 0.774. The molecule has 2 N–H and O–H groups in total. The van der Waals surface area contributed by atoms with Crippen LogP contribution < -0.4 is 9.64 Å². The van der Waals surface area contributed by atoms with Gasteiger partial charge in [-0.15, -0.1) is 0 Å². The molecular formula is C27H36N4O6. The molecule has 1 saturated carbocycles. The molecule has 200 valence electrons. The lowest BCUT2D eigenvalue weighted by molar-refractivity contribution is -0.492. The molecular weight excluding hydrogens is 476 g/mol. The van der Waals surface area contributed by atoms with Crippen molar-refractivity contribution in [1.82, 2.24) is 15.2 Å². The highest BCUT2D eigenvalue weighted by Crippen LogP contribution is 2.32. The number of carbonyl (C=O) groups is 2. The summed E-state index contributed by atoms with van der Waals surface area (Å²) in [6.45, 7) is 2.04. The molecule has 1 atom stereocenters. The number of hydrogen-bond donors (Lipinski definition) is 2. The lowest BCUT2D eigenvalue weighted by atomic mass is 10.1. The second-order valence-electron chi connectivity index (χ2n) is 9.47. The van der Waals surface area contributed by atoms with E-state index in [1.165, 1.54) is 0 Å². The molecule has 2 aliphatic rings. The van der Waals surface area contributed by atoms with Crippen LogP contribution in [0.15, 0.2) is 54.6 Å². The number of amides is 2. The Morgan fingerprint density at radius 3 is 2.38 bits per heavy atom. The van der Waals surface area contributed by atoms with Gasteiger partial charge in [0.2, 0.25) is 11.8 Å². The summed E-state index contributed by atoms with van der Waals surface area (Å²) in [7, 11) is 1.62. The SMILES string of the molecule is COc1ccc(N2CCN(C(=O)CCCCON(O)O)C[C@@H]2C(=O)N(Cc2ccccc2)C2CC2)cc1. The number of carbonyl (C=O) groups excluding carboxylic acids is 2. The average Bonchev–Trinajstić information content (AvgIpc) is 3.77. The first kappa shape index (κ1) is 26.9. The van der Waals surface area contributed by atoms with Crippen molar-refractivity contribution in [3.63, 3.8) is 0 Å². The van der Waals surface area contributed by atoms with Gasteiger partial charge in [0, 0.05) is 37.8 Å². The first-order valence-electron chi connectivity index (χ1n) is 12.8. The molecule has 0 aromatic heterocycles. The van der Waals surface area contributed by atoms with Crippen LogP contribution >= 0.6 is 0 Å². The van der Waals surface area contributed by atoms with E-state index in [1.807, 2.05) is 59.5 Å². The Kier molecular flexibility index (Phi) is 9.34. The average molecular weight is 513 g/mol. The zero-order chi connectivity index (χ0) is 26.2. The molecule has 1 aliphatic heterocycles. The minimum absolute atomic E-state index is 0.0157. The molecule has 2 amide bonds. The van der Waals surface area contributed by atoms with E-state index in [9.17, 15) is 9.59 Å². The Labute approximate surface area is 217 Å². The van der Waals surface area contributed by atoms with E-state index in [0.29, 0.717) is 45.4 Å². The quantitative estimate of drug-likeness (QED) is 0.330. The van der Waals surface area contributed by atoms with Gasteiger partial charge in [0.15, 0.2) is 0 Å². The van der Waals surface area contributed by atoms with Crippen molar-refractivity contribution in [2.45, 2.75) is 50.7 Å². The number of nitrogens with zero attached hydrogens (tertiary/aromatic N) is 4. The van der Waals surface area contributed by atoms with Gasteiger partial charge in [-0.3, -0.25) is 24.8 Å². The second-order valence-corrected chi connectivity index (χ2v) is 9.47. The van der Waals surface area contributed by atoms with Crippen molar-refractivity contribution < 1.29 is 29.6 Å². The summed E-state index contributed by atoms with van der Waals surface area (Å²) in [5.41, 5.74) is 2.02. The van der Waals surface area contributed by atoms with Gasteiger partial charge in [-0.2, -0.15) is 0 Å². The largest absolute Gasteiger partial charge is 0.497 e. The Morgan fingerprint density at radius 1 is 1.00 bits per heavy atom. The van der Waals surface area contributed by atoms with Gasteiger partial charge in [0.25, 0.3) is 0 Å². The van der Waals surface area contributed by atoms with E-state index in [1.54, 1.807) is 12.0 Å². The lowest BCUT2D eigenvalue weighted by Crippen LogP contribution is -2.61. The zero-order valence-corrected chi connectivity index (χ0v) is 21.2. The van der Waals surface area contributed by atoms with Gasteiger partial charge in [-0.25, -0.2) is 0 Å². The molecule has 1 saturated heterocycles. The Hall–Kier alpha value is -3.18. The van der Waals surface area contributed by atoms with Crippen LogP contribution in [-0.2, 0) is 21.0 Å². The van der Waals surface area contributed by atoms with Crippen molar-refractivity contribution in [3.05, 3.63) is 60.2 Å². The highest BCUT2D eigenvalue weighted by Gasteiger charge is 2.41.